The van der Waals surface area contributed by atoms with Gasteiger partial charge in [0.05, 0.1) is 33.8 Å². The van der Waals surface area contributed by atoms with Crippen LogP contribution in [0.1, 0.15) is 355 Å². The Bertz CT molecular complexity index is 1320. The molecule has 0 aliphatic rings. The van der Waals surface area contributed by atoms with Crippen LogP contribution >= 0.6 is 7.82 Å². The summed E-state index contributed by atoms with van der Waals surface area (Å²) in [7, 11) is 1.21. The number of ether oxygens (including phenoxy) is 1. The third-order valence-electron chi connectivity index (χ3n) is 15.7. The average Bonchev–Trinajstić information content (AvgIpc) is 3.39. The zero-order valence-electron chi connectivity index (χ0n) is 52.5. The van der Waals surface area contributed by atoms with Gasteiger partial charge < -0.3 is 28.5 Å². The van der Waals surface area contributed by atoms with Gasteiger partial charge in [0.15, 0.2) is 0 Å². The van der Waals surface area contributed by atoms with Crippen molar-refractivity contribution >= 4 is 19.7 Å². The zero-order valence-corrected chi connectivity index (χ0v) is 53.3. The van der Waals surface area contributed by atoms with E-state index in [2.05, 4.69) is 26.1 Å². The van der Waals surface area contributed by atoms with Crippen molar-refractivity contribution in [3.8, 4) is 0 Å². The molecule has 0 aromatic heterocycles. The van der Waals surface area contributed by atoms with Crippen LogP contribution in [0.2, 0.25) is 0 Å². The number of nitrogens with zero attached hydrogens (tertiary/aromatic N) is 1. The Morgan fingerprint density at radius 1 is 0.442 bits per heavy atom. The smallest absolute Gasteiger partial charge is 0.306 e. The van der Waals surface area contributed by atoms with E-state index in [0.29, 0.717) is 17.4 Å². The SMILES string of the molecule is CCCCCCCCCCCCC/C=C\C(OC(=O)CCCCCCCCCCCCCCCCCCCCCCCCC)C(COP(=O)([O-])OCC[N+](C)(C)C)NC(=O)CCCCCCCCCCCCCCCCC. The first-order valence-corrected chi connectivity index (χ1v) is 35.5. The van der Waals surface area contributed by atoms with Gasteiger partial charge in [0, 0.05) is 12.8 Å². The third kappa shape index (κ3) is 59.2. The fourth-order valence-corrected chi connectivity index (χ4v) is 11.2. The molecule has 1 amide bonds. The average molecular weight is 1110 g/mol. The fourth-order valence-electron chi connectivity index (χ4n) is 10.5. The molecule has 77 heavy (non-hydrogen) atoms. The molecule has 0 aromatic carbocycles. The Morgan fingerprint density at radius 3 is 1.06 bits per heavy atom. The van der Waals surface area contributed by atoms with E-state index < -0.39 is 20.0 Å². The highest BCUT2D eigenvalue weighted by Gasteiger charge is 2.27. The summed E-state index contributed by atoms with van der Waals surface area (Å²) in [4.78, 5) is 40.1. The molecule has 0 rings (SSSR count). The maximum absolute atomic E-state index is 13.5. The topological polar surface area (TPSA) is 114 Å². The Hall–Kier alpha value is -1.25. The van der Waals surface area contributed by atoms with Crippen LogP contribution in [-0.2, 0) is 27.9 Å². The molecule has 0 aliphatic carbocycles. The molecule has 458 valence electrons. The third-order valence-corrected chi connectivity index (χ3v) is 16.7. The predicted molar refractivity (Wildman–Crippen MR) is 330 cm³/mol. The van der Waals surface area contributed by atoms with Crippen molar-refractivity contribution in [1.29, 1.82) is 0 Å². The van der Waals surface area contributed by atoms with Crippen LogP contribution < -0.4 is 10.2 Å². The number of carbonyl (C=O) groups is 2. The molecule has 0 aliphatic heterocycles. The monoisotopic (exact) mass is 1110 g/mol. The second kappa shape index (κ2) is 58.0. The molecule has 9 nitrogen and oxygen atoms in total. The van der Waals surface area contributed by atoms with Crippen LogP contribution in [0.25, 0.3) is 0 Å². The zero-order chi connectivity index (χ0) is 56.4. The minimum Gasteiger partial charge on any atom is -0.756 e. The van der Waals surface area contributed by atoms with Crippen LogP contribution in [0.15, 0.2) is 12.2 Å². The highest BCUT2D eigenvalue weighted by molar-refractivity contribution is 7.45. The van der Waals surface area contributed by atoms with E-state index in [9.17, 15) is 19.0 Å². The van der Waals surface area contributed by atoms with Crippen molar-refractivity contribution in [2.45, 2.75) is 367 Å². The van der Waals surface area contributed by atoms with Crippen molar-refractivity contribution in [3.63, 3.8) is 0 Å². The summed E-state index contributed by atoms with van der Waals surface area (Å²) in [5.74, 6) is -0.515. The van der Waals surface area contributed by atoms with Gasteiger partial charge in [-0.15, -0.1) is 0 Å². The minimum absolute atomic E-state index is 0.0165. The number of quaternary nitrogens is 1. The summed E-state index contributed by atoms with van der Waals surface area (Å²) >= 11 is 0. The van der Waals surface area contributed by atoms with Gasteiger partial charge in [-0.25, -0.2) is 0 Å². The normalized spacial score (nSPS) is 13.6. The second-order valence-corrected chi connectivity index (χ2v) is 26.1. The van der Waals surface area contributed by atoms with Gasteiger partial charge in [0.25, 0.3) is 7.82 Å². The standard InChI is InChI=1S/C67H133N2O7P/c1-7-10-13-16-19-22-25-28-30-31-32-33-34-35-36-37-39-42-45-48-51-54-57-60-67(71)76-65(58-55-52-49-46-43-40-27-24-21-18-15-12-9-3)64(63-75-77(72,73)74-62-61-69(4,5)6)68-66(70)59-56-53-50-47-44-41-38-29-26-23-20-17-14-11-8-2/h55,58,64-65H,7-54,56-57,59-63H2,1-6H3,(H-,68,70,72,73)/b58-55-. The molecule has 10 heteroatoms. The van der Waals surface area contributed by atoms with Crippen molar-refractivity contribution in [2.24, 2.45) is 0 Å². The number of rotatable bonds is 63. The van der Waals surface area contributed by atoms with Gasteiger partial charge in [-0.3, -0.25) is 14.2 Å². The molecule has 0 fully saturated rings. The van der Waals surface area contributed by atoms with Gasteiger partial charge in [-0.2, -0.15) is 0 Å². The lowest BCUT2D eigenvalue weighted by Crippen LogP contribution is -2.47. The Morgan fingerprint density at radius 2 is 0.740 bits per heavy atom. The highest BCUT2D eigenvalue weighted by atomic mass is 31.2. The van der Waals surface area contributed by atoms with E-state index in [0.717, 1.165) is 57.8 Å². The predicted octanol–water partition coefficient (Wildman–Crippen LogP) is 20.5. The number of unbranched alkanes of at least 4 members (excludes halogenated alkanes) is 47. The number of hydrogen-bond donors (Lipinski definition) is 1. The van der Waals surface area contributed by atoms with Gasteiger partial charge in [-0.1, -0.05) is 322 Å². The van der Waals surface area contributed by atoms with Gasteiger partial charge in [0.2, 0.25) is 5.91 Å². The molecule has 0 aromatic rings. The first-order valence-electron chi connectivity index (χ1n) is 34.0. The molecule has 0 saturated carbocycles. The summed E-state index contributed by atoms with van der Waals surface area (Å²) in [6.07, 6.45) is 67.5. The molecule has 0 radical (unpaired) electrons. The number of phosphoric acid groups is 1. The number of carbonyl (C=O) groups excluding carboxylic acids is 2. The van der Waals surface area contributed by atoms with Crippen LogP contribution in [0.3, 0.4) is 0 Å². The summed E-state index contributed by atoms with van der Waals surface area (Å²) in [5, 5.41) is 3.04. The quantitative estimate of drug-likeness (QED) is 0.0212. The number of hydrogen-bond acceptors (Lipinski definition) is 7. The summed E-state index contributed by atoms with van der Waals surface area (Å²) in [6.45, 7) is 6.91. The Balaban J connectivity index is 5.09. The van der Waals surface area contributed by atoms with E-state index >= 15 is 0 Å². The van der Waals surface area contributed by atoms with Gasteiger partial charge in [-0.05, 0) is 31.8 Å². The van der Waals surface area contributed by atoms with Crippen molar-refractivity contribution in [2.75, 3.05) is 40.9 Å². The molecule has 1 N–H and O–H groups in total. The number of phosphoric ester groups is 1. The Labute approximate surface area is 480 Å². The lowest BCUT2D eigenvalue weighted by atomic mass is 10.0. The first kappa shape index (κ1) is 75.8. The molecular weight excluding hydrogens is 976 g/mol. The summed E-state index contributed by atoms with van der Waals surface area (Å²) in [6, 6.07) is -0.880. The van der Waals surface area contributed by atoms with Gasteiger partial charge in [0.1, 0.15) is 19.3 Å². The highest BCUT2D eigenvalue weighted by Crippen LogP contribution is 2.38. The lowest BCUT2D eigenvalue weighted by Gasteiger charge is -2.30. The van der Waals surface area contributed by atoms with E-state index in [1.807, 2.05) is 33.3 Å². The molecule has 0 spiro atoms. The van der Waals surface area contributed by atoms with E-state index in [-0.39, 0.29) is 31.5 Å². The molecule has 0 saturated heterocycles. The van der Waals surface area contributed by atoms with E-state index in [4.69, 9.17) is 13.8 Å². The van der Waals surface area contributed by atoms with Crippen LogP contribution in [0.4, 0.5) is 0 Å². The Kier molecular flexibility index (Phi) is 57.0. The number of likely N-dealkylation sites (N-methyl/N-ethyl adjacent to an activating group) is 1. The van der Waals surface area contributed by atoms with E-state index in [1.165, 1.54) is 263 Å². The van der Waals surface area contributed by atoms with E-state index in [1.54, 1.807) is 0 Å². The maximum atomic E-state index is 13.5. The van der Waals surface area contributed by atoms with Crippen molar-refractivity contribution in [3.05, 3.63) is 12.2 Å². The maximum Gasteiger partial charge on any atom is 0.306 e. The lowest BCUT2D eigenvalue weighted by molar-refractivity contribution is -0.870. The molecule has 3 unspecified atom stereocenters. The molecule has 3 atom stereocenters. The van der Waals surface area contributed by atoms with Crippen molar-refractivity contribution < 1.29 is 37.3 Å². The van der Waals surface area contributed by atoms with Gasteiger partial charge >= 0.3 is 5.97 Å². The van der Waals surface area contributed by atoms with Crippen LogP contribution in [0, 0.1) is 0 Å². The number of nitrogens with one attached hydrogen (secondary N) is 1. The number of esters is 1. The van der Waals surface area contributed by atoms with Crippen LogP contribution in [-0.4, -0.2) is 69.4 Å². The molecule has 0 bridgehead atoms. The largest absolute Gasteiger partial charge is 0.756 e. The fraction of sp³-hybridized carbons (Fsp3) is 0.940. The number of allylic oxidation sites excluding steroid dienone is 1. The first-order chi connectivity index (χ1) is 37.4. The molecule has 0 heterocycles. The summed E-state index contributed by atoms with van der Waals surface area (Å²) in [5.41, 5.74) is 0. The minimum atomic E-state index is -4.69. The van der Waals surface area contributed by atoms with Crippen molar-refractivity contribution in [1.82, 2.24) is 5.32 Å². The molecular formula is C67H133N2O7P. The second-order valence-electron chi connectivity index (χ2n) is 24.7. The number of amides is 1. The van der Waals surface area contributed by atoms with Crippen LogP contribution in [0.5, 0.6) is 0 Å². The summed E-state index contributed by atoms with van der Waals surface area (Å²) < 4.78 is 30.4.